The molecule has 2 aromatic rings. The molecule has 7 heteroatoms. The topological polar surface area (TPSA) is 61.4 Å². The second-order valence-electron chi connectivity index (χ2n) is 7.88. The third-order valence-electron chi connectivity index (χ3n) is 5.72. The number of hydrogen-bond donors (Lipinski definition) is 1. The van der Waals surface area contributed by atoms with Crippen LogP contribution in [0.15, 0.2) is 36.8 Å². The van der Waals surface area contributed by atoms with Crippen molar-refractivity contribution in [3.63, 3.8) is 0 Å². The lowest BCUT2D eigenvalue weighted by Gasteiger charge is -2.32. The maximum Gasteiger partial charge on any atom is 0.229 e. The predicted molar refractivity (Wildman–Crippen MR) is 119 cm³/mol. The Hall–Kier alpha value is -2.12. The minimum Gasteiger partial charge on any atom is -0.355 e. The lowest BCUT2D eigenvalue weighted by atomic mass is 9.96. The molecule has 29 heavy (non-hydrogen) atoms. The summed E-state index contributed by atoms with van der Waals surface area (Å²) in [6.07, 6.45) is 7.04. The van der Waals surface area contributed by atoms with Crippen LogP contribution in [0.5, 0.6) is 0 Å². The van der Waals surface area contributed by atoms with Crippen molar-refractivity contribution < 1.29 is 4.79 Å². The molecular formula is C22H29N5OS. The van der Waals surface area contributed by atoms with Crippen LogP contribution in [0.4, 0.5) is 11.5 Å². The number of carbonyl (C=O) groups excluding carboxylic acids is 1. The van der Waals surface area contributed by atoms with Gasteiger partial charge in [0, 0.05) is 62.3 Å². The molecule has 2 fully saturated rings. The number of thioether (sulfide) groups is 1. The smallest absolute Gasteiger partial charge is 0.229 e. The summed E-state index contributed by atoms with van der Waals surface area (Å²) in [6.45, 7) is 7.00. The molecule has 0 bridgehead atoms. The van der Waals surface area contributed by atoms with Gasteiger partial charge in [-0.25, -0.2) is 4.98 Å². The monoisotopic (exact) mass is 411 g/mol. The highest BCUT2D eigenvalue weighted by atomic mass is 32.2. The standard InChI is InChI=1S/C22H29N5OS/c1-17-13-18(15-26-9-11-29-12-10-26)4-5-20(17)25-22(28)19-3-2-8-27(16-19)21-14-23-6-7-24-21/h4-7,13-14,19H,2-3,8-12,15-16H2,1H3,(H,25,28). The summed E-state index contributed by atoms with van der Waals surface area (Å²) in [5, 5.41) is 3.16. The molecule has 6 nitrogen and oxygen atoms in total. The molecule has 4 rings (SSSR count). The molecule has 1 atom stereocenters. The fourth-order valence-electron chi connectivity index (χ4n) is 4.07. The zero-order valence-electron chi connectivity index (χ0n) is 17.0. The van der Waals surface area contributed by atoms with Gasteiger partial charge in [0.1, 0.15) is 5.82 Å². The van der Waals surface area contributed by atoms with E-state index in [1.807, 2.05) is 11.8 Å². The van der Waals surface area contributed by atoms with Crippen LogP contribution < -0.4 is 10.2 Å². The first-order valence-corrected chi connectivity index (χ1v) is 11.6. The third-order valence-corrected chi connectivity index (χ3v) is 6.67. The molecule has 0 spiro atoms. The minimum absolute atomic E-state index is 0.0318. The summed E-state index contributed by atoms with van der Waals surface area (Å²) in [7, 11) is 0. The molecule has 1 amide bonds. The van der Waals surface area contributed by atoms with Crippen molar-refractivity contribution in [2.24, 2.45) is 5.92 Å². The van der Waals surface area contributed by atoms with Crippen LogP contribution in [0.2, 0.25) is 0 Å². The fraction of sp³-hybridized carbons (Fsp3) is 0.500. The number of benzene rings is 1. The molecule has 3 heterocycles. The number of piperidine rings is 1. The number of rotatable bonds is 5. The normalized spacial score (nSPS) is 20.4. The van der Waals surface area contributed by atoms with E-state index in [-0.39, 0.29) is 11.8 Å². The number of nitrogens with zero attached hydrogens (tertiary/aromatic N) is 4. The Bertz CT molecular complexity index is 825. The van der Waals surface area contributed by atoms with Gasteiger partial charge in [0.15, 0.2) is 0 Å². The van der Waals surface area contributed by atoms with E-state index in [9.17, 15) is 4.79 Å². The second-order valence-corrected chi connectivity index (χ2v) is 9.10. The zero-order chi connectivity index (χ0) is 20.1. The molecular weight excluding hydrogens is 382 g/mol. The molecule has 1 aromatic carbocycles. The van der Waals surface area contributed by atoms with Crippen molar-refractivity contribution in [3.05, 3.63) is 47.9 Å². The molecule has 0 aliphatic carbocycles. The van der Waals surface area contributed by atoms with E-state index in [0.717, 1.165) is 56.1 Å². The SMILES string of the molecule is Cc1cc(CN2CCSCC2)ccc1NC(=O)C1CCCN(c2cnccn2)C1. The Labute approximate surface area is 177 Å². The van der Waals surface area contributed by atoms with Gasteiger partial charge in [0.2, 0.25) is 5.91 Å². The Kier molecular flexibility index (Phi) is 6.67. The molecule has 0 radical (unpaired) electrons. The van der Waals surface area contributed by atoms with Crippen LogP contribution >= 0.6 is 11.8 Å². The van der Waals surface area contributed by atoms with Crippen LogP contribution in [-0.2, 0) is 11.3 Å². The lowest BCUT2D eigenvalue weighted by molar-refractivity contribution is -0.120. The quantitative estimate of drug-likeness (QED) is 0.815. The van der Waals surface area contributed by atoms with Gasteiger partial charge in [-0.15, -0.1) is 0 Å². The number of nitrogens with one attached hydrogen (secondary N) is 1. The Morgan fingerprint density at radius 1 is 1.24 bits per heavy atom. The summed E-state index contributed by atoms with van der Waals surface area (Å²) in [5.74, 6) is 3.36. The van der Waals surface area contributed by atoms with Gasteiger partial charge in [0.05, 0.1) is 12.1 Å². The maximum absolute atomic E-state index is 12.9. The molecule has 1 N–H and O–H groups in total. The van der Waals surface area contributed by atoms with Crippen molar-refractivity contribution in [1.82, 2.24) is 14.9 Å². The average molecular weight is 412 g/mol. The number of aromatic nitrogens is 2. The van der Waals surface area contributed by atoms with E-state index in [1.54, 1.807) is 18.6 Å². The van der Waals surface area contributed by atoms with Crippen LogP contribution in [-0.4, -0.2) is 58.5 Å². The lowest BCUT2D eigenvalue weighted by Crippen LogP contribution is -2.41. The van der Waals surface area contributed by atoms with Gasteiger partial charge >= 0.3 is 0 Å². The van der Waals surface area contributed by atoms with Crippen LogP contribution in [0.1, 0.15) is 24.0 Å². The van der Waals surface area contributed by atoms with Crippen molar-refractivity contribution in [1.29, 1.82) is 0 Å². The van der Waals surface area contributed by atoms with Crippen molar-refractivity contribution in [2.75, 3.05) is 47.9 Å². The first kappa shape index (κ1) is 20.2. The van der Waals surface area contributed by atoms with E-state index in [4.69, 9.17) is 0 Å². The molecule has 2 saturated heterocycles. The van der Waals surface area contributed by atoms with Crippen LogP contribution in [0.25, 0.3) is 0 Å². The molecule has 0 saturated carbocycles. The van der Waals surface area contributed by atoms with E-state index >= 15 is 0 Å². The first-order chi connectivity index (χ1) is 14.2. The predicted octanol–water partition coefficient (Wildman–Crippen LogP) is 3.19. The number of anilines is 2. The zero-order valence-corrected chi connectivity index (χ0v) is 17.8. The number of aryl methyl sites for hydroxylation is 1. The number of carbonyl (C=O) groups is 1. The van der Waals surface area contributed by atoms with Gasteiger partial charge in [-0.05, 0) is 37.0 Å². The van der Waals surface area contributed by atoms with Gasteiger partial charge < -0.3 is 10.2 Å². The van der Waals surface area contributed by atoms with Crippen molar-refractivity contribution >= 4 is 29.2 Å². The summed E-state index contributed by atoms with van der Waals surface area (Å²) in [4.78, 5) is 26.1. The Morgan fingerprint density at radius 2 is 2.10 bits per heavy atom. The van der Waals surface area contributed by atoms with Gasteiger partial charge in [-0.3, -0.25) is 14.7 Å². The molecule has 154 valence electrons. The number of amides is 1. The summed E-state index contributed by atoms with van der Waals surface area (Å²) in [6, 6.07) is 6.42. The summed E-state index contributed by atoms with van der Waals surface area (Å²) >= 11 is 2.03. The van der Waals surface area contributed by atoms with Crippen molar-refractivity contribution in [3.8, 4) is 0 Å². The van der Waals surface area contributed by atoms with Crippen LogP contribution in [0, 0.1) is 12.8 Å². The minimum atomic E-state index is -0.0318. The first-order valence-electron chi connectivity index (χ1n) is 10.4. The second kappa shape index (κ2) is 9.59. The summed E-state index contributed by atoms with van der Waals surface area (Å²) < 4.78 is 0. The Morgan fingerprint density at radius 3 is 2.86 bits per heavy atom. The van der Waals surface area contributed by atoms with Gasteiger partial charge in [0.25, 0.3) is 0 Å². The van der Waals surface area contributed by atoms with Gasteiger partial charge in [-0.2, -0.15) is 11.8 Å². The van der Waals surface area contributed by atoms with Gasteiger partial charge in [-0.1, -0.05) is 12.1 Å². The van der Waals surface area contributed by atoms with E-state index in [2.05, 4.69) is 50.2 Å². The third kappa shape index (κ3) is 5.28. The highest BCUT2D eigenvalue weighted by molar-refractivity contribution is 7.99. The molecule has 2 aliphatic rings. The summed E-state index contributed by atoms with van der Waals surface area (Å²) in [5.41, 5.74) is 3.37. The highest BCUT2D eigenvalue weighted by Crippen LogP contribution is 2.24. The average Bonchev–Trinajstić information content (AvgIpc) is 2.77. The number of hydrogen-bond acceptors (Lipinski definition) is 6. The largest absolute Gasteiger partial charge is 0.355 e. The highest BCUT2D eigenvalue weighted by Gasteiger charge is 2.27. The fourth-order valence-corrected chi connectivity index (χ4v) is 5.05. The van der Waals surface area contributed by atoms with Crippen molar-refractivity contribution in [2.45, 2.75) is 26.3 Å². The molecule has 2 aliphatic heterocycles. The van der Waals surface area contributed by atoms with E-state index < -0.39 is 0 Å². The van der Waals surface area contributed by atoms with Crippen LogP contribution in [0.3, 0.4) is 0 Å². The Balaban J connectivity index is 1.36. The van der Waals surface area contributed by atoms with E-state index in [0.29, 0.717) is 6.54 Å². The molecule has 1 unspecified atom stereocenters. The van der Waals surface area contributed by atoms with E-state index in [1.165, 1.54) is 17.1 Å². The molecule has 1 aromatic heterocycles. The maximum atomic E-state index is 12.9.